The van der Waals surface area contributed by atoms with Gasteiger partial charge in [-0.05, 0) is 85.5 Å². The predicted octanol–water partition coefficient (Wildman–Crippen LogP) is 5.77. The summed E-state index contributed by atoms with van der Waals surface area (Å²) in [4.78, 5) is 13.2. The van der Waals surface area contributed by atoms with Gasteiger partial charge in [0, 0.05) is 13.0 Å². The molecule has 1 heterocycles. The molecule has 168 valence electrons. The molecule has 1 N–H and O–H groups in total. The molecule has 2 aromatic carbocycles. The SMILES string of the molecule is O=C(O)CCc1ccc(OCc2ccc(CN3CCC(C4=CCCC=C4)CC3)cc2)cc1. The number of piperidine rings is 1. The van der Waals surface area contributed by atoms with Crippen LogP contribution in [0.1, 0.15) is 48.8 Å². The van der Waals surface area contributed by atoms with E-state index in [4.69, 9.17) is 9.84 Å². The minimum atomic E-state index is -0.771. The molecule has 0 spiro atoms. The first kappa shape index (κ1) is 22.3. The molecule has 32 heavy (non-hydrogen) atoms. The van der Waals surface area contributed by atoms with E-state index in [0.717, 1.165) is 29.3 Å². The van der Waals surface area contributed by atoms with Gasteiger partial charge >= 0.3 is 5.97 Å². The molecule has 0 atom stereocenters. The van der Waals surface area contributed by atoms with Crippen LogP contribution >= 0.6 is 0 Å². The lowest BCUT2D eigenvalue weighted by Gasteiger charge is -2.33. The molecule has 1 aliphatic carbocycles. The van der Waals surface area contributed by atoms with Crippen LogP contribution in [0.3, 0.4) is 0 Å². The summed E-state index contributed by atoms with van der Waals surface area (Å²) < 4.78 is 5.89. The number of benzene rings is 2. The smallest absolute Gasteiger partial charge is 0.303 e. The van der Waals surface area contributed by atoms with Crippen LogP contribution in [0.2, 0.25) is 0 Å². The molecule has 0 bridgehead atoms. The van der Waals surface area contributed by atoms with E-state index in [1.165, 1.54) is 44.3 Å². The fraction of sp³-hybridized carbons (Fsp3) is 0.393. The Labute approximate surface area is 191 Å². The maximum atomic E-state index is 10.7. The number of ether oxygens (including phenoxy) is 1. The monoisotopic (exact) mass is 431 g/mol. The lowest BCUT2D eigenvalue weighted by molar-refractivity contribution is -0.136. The van der Waals surface area contributed by atoms with E-state index in [0.29, 0.717) is 13.0 Å². The molecule has 4 rings (SSSR count). The van der Waals surface area contributed by atoms with Crippen molar-refractivity contribution < 1.29 is 14.6 Å². The highest BCUT2D eigenvalue weighted by Gasteiger charge is 2.21. The molecular formula is C28H33NO3. The molecule has 1 saturated heterocycles. The molecule has 0 aromatic heterocycles. The standard InChI is InChI=1S/C28H33NO3/c30-28(31)15-12-22-10-13-27(14-11-22)32-21-24-8-6-23(7-9-24)20-29-18-16-26(17-19-29)25-4-2-1-3-5-25/h2,4-11,13-14,26H,1,3,12,15-21H2,(H,30,31). The summed E-state index contributed by atoms with van der Waals surface area (Å²) in [6.07, 6.45) is 12.7. The number of aliphatic carboxylic acids is 1. The summed E-state index contributed by atoms with van der Waals surface area (Å²) in [7, 11) is 0. The second-order valence-corrected chi connectivity index (χ2v) is 8.88. The average Bonchev–Trinajstić information content (AvgIpc) is 2.84. The van der Waals surface area contributed by atoms with Crippen molar-refractivity contribution in [3.63, 3.8) is 0 Å². The topological polar surface area (TPSA) is 49.8 Å². The maximum Gasteiger partial charge on any atom is 0.303 e. The maximum absolute atomic E-state index is 10.7. The third kappa shape index (κ3) is 6.57. The first-order chi connectivity index (χ1) is 15.7. The van der Waals surface area contributed by atoms with Crippen LogP contribution in [-0.4, -0.2) is 29.1 Å². The molecular weight excluding hydrogens is 398 g/mol. The van der Waals surface area contributed by atoms with E-state index in [1.54, 1.807) is 5.57 Å². The van der Waals surface area contributed by atoms with E-state index in [9.17, 15) is 4.79 Å². The van der Waals surface area contributed by atoms with Crippen molar-refractivity contribution in [1.82, 2.24) is 4.90 Å². The highest BCUT2D eigenvalue weighted by atomic mass is 16.5. The zero-order valence-electron chi connectivity index (χ0n) is 18.7. The highest BCUT2D eigenvalue weighted by molar-refractivity contribution is 5.67. The van der Waals surface area contributed by atoms with Gasteiger partial charge in [-0.1, -0.05) is 54.6 Å². The van der Waals surface area contributed by atoms with E-state index in [-0.39, 0.29) is 6.42 Å². The largest absolute Gasteiger partial charge is 0.489 e. The second-order valence-electron chi connectivity index (χ2n) is 8.88. The number of carboxylic acids is 1. The van der Waals surface area contributed by atoms with Crippen LogP contribution in [-0.2, 0) is 24.4 Å². The zero-order valence-corrected chi connectivity index (χ0v) is 18.7. The van der Waals surface area contributed by atoms with Crippen LogP contribution < -0.4 is 4.74 Å². The van der Waals surface area contributed by atoms with Crippen LogP contribution in [0, 0.1) is 5.92 Å². The van der Waals surface area contributed by atoms with Crippen molar-refractivity contribution in [3.05, 3.63) is 89.0 Å². The Morgan fingerprint density at radius 1 is 0.938 bits per heavy atom. The van der Waals surface area contributed by atoms with Gasteiger partial charge in [0.25, 0.3) is 0 Å². The number of hydrogen-bond acceptors (Lipinski definition) is 3. The molecule has 0 saturated carbocycles. The summed E-state index contributed by atoms with van der Waals surface area (Å²) in [5.74, 6) is 0.778. The Balaban J connectivity index is 1.20. The number of nitrogens with zero attached hydrogens (tertiary/aromatic N) is 1. The Morgan fingerprint density at radius 3 is 2.28 bits per heavy atom. The van der Waals surface area contributed by atoms with Gasteiger partial charge in [-0.2, -0.15) is 0 Å². The summed E-state index contributed by atoms with van der Waals surface area (Å²) in [6, 6.07) is 16.4. The van der Waals surface area contributed by atoms with E-state index >= 15 is 0 Å². The lowest BCUT2D eigenvalue weighted by atomic mass is 9.86. The van der Waals surface area contributed by atoms with Crippen LogP contribution in [0.15, 0.2) is 72.3 Å². The minimum Gasteiger partial charge on any atom is -0.489 e. The number of allylic oxidation sites excluding steroid dienone is 4. The minimum absolute atomic E-state index is 0.153. The Kier molecular flexibility index (Phi) is 7.78. The summed E-state index contributed by atoms with van der Waals surface area (Å²) in [5, 5.41) is 8.78. The van der Waals surface area contributed by atoms with Crippen LogP contribution in [0.4, 0.5) is 0 Å². The van der Waals surface area contributed by atoms with Crippen molar-refractivity contribution in [2.75, 3.05) is 13.1 Å². The fourth-order valence-corrected chi connectivity index (χ4v) is 4.53. The Hall–Kier alpha value is -2.85. The first-order valence-corrected chi connectivity index (χ1v) is 11.8. The highest BCUT2D eigenvalue weighted by Crippen LogP contribution is 2.28. The quantitative estimate of drug-likeness (QED) is 0.547. The van der Waals surface area contributed by atoms with E-state index < -0.39 is 5.97 Å². The number of carbonyl (C=O) groups is 1. The van der Waals surface area contributed by atoms with Crippen molar-refractivity contribution in [1.29, 1.82) is 0 Å². The van der Waals surface area contributed by atoms with Gasteiger partial charge in [0.1, 0.15) is 12.4 Å². The molecule has 2 aliphatic rings. The number of aryl methyl sites for hydroxylation is 1. The molecule has 0 unspecified atom stereocenters. The average molecular weight is 432 g/mol. The molecule has 1 aliphatic heterocycles. The summed E-state index contributed by atoms with van der Waals surface area (Å²) in [5.41, 5.74) is 5.08. The molecule has 2 aromatic rings. The Morgan fingerprint density at radius 2 is 1.62 bits per heavy atom. The molecule has 0 amide bonds. The van der Waals surface area contributed by atoms with Crippen molar-refractivity contribution in [2.45, 2.75) is 51.7 Å². The first-order valence-electron chi connectivity index (χ1n) is 11.8. The van der Waals surface area contributed by atoms with Gasteiger partial charge in [0.05, 0.1) is 0 Å². The van der Waals surface area contributed by atoms with E-state index in [1.807, 2.05) is 24.3 Å². The van der Waals surface area contributed by atoms with Crippen molar-refractivity contribution in [2.24, 2.45) is 5.92 Å². The molecule has 4 heteroatoms. The van der Waals surface area contributed by atoms with Crippen molar-refractivity contribution in [3.8, 4) is 5.75 Å². The van der Waals surface area contributed by atoms with Crippen molar-refractivity contribution >= 4 is 5.97 Å². The van der Waals surface area contributed by atoms with Crippen LogP contribution in [0.5, 0.6) is 5.75 Å². The molecule has 4 nitrogen and oxygen atoms in total. The number of carboxylic acid groups (broad SMARTS) is 1. The summed E-state index contributed by atoms with van der Waals surface area (Å²) in [6.45, 7) is 3.88. The fourth-order valence-electron chi connectivity index (χ4n) is 4.53. The predicted molar refractivity (Wildman–Crippen MR) is 128 cm³/mol. The van der Waals surface area contributed by atoms with Gasteiger partial charge < -0.3 is 9.84 Å². The number of rotatable bonds is 9. The van der Waals surface area contributed by atoms with E-state index in [2.05, 4.69) is 47.4 Å². The van der Waals surface area contributed by atoms with Gasteiger partial charge in [0.2, 0.25) is 0 Å². The lowest BCUT2D eigenvalue weighted by Crippen LogP contribution is -2.33. The number of likely N-dealkylation sites (tertiary alicyclic amines) is 1. The van der Waals surface area contributed by atoms with Crippen LogP contribution in [0.25, 0.3) is 0 Å². The van der Waals surface area contributed by atoms with Gasteiger partial charge in [-0.3, -0.25) is 9.69 Å². The molecule has 0 radical (unpaired) electrons. The zero-order chi connectivity index (χ0) is 22.2. The van der Waals surface area contributed by atoms with Gasteiger partial charge in [-0.25, -0.2) is 0 Å². The third-order valence-electron chi connectivity index (χ3n) is 6.47. The Bertz CT molecular complexity index is 936. The number of hydrogen-bond donors (Lipinski definition) is 1. The van der Waals surface area contributed by atoms with Gasteiger partial charge in [0.15, 0.2) is 0 Å². The van der Waals surface area contributed by atoms with Gasteiger partial charge in [-0.15, -0.1) is 0 Å². The second kappa shape index (κ2) is 11.1. The summed E-state index contributed by atoms with van der Waals surface area (Å²) >= 11 is 0. The third-order valence-corrected chi connectivity index (χ3v) is 6.47. The molecule has 1 fully saturated rings. The normalized spacial score (nSPS) is 17.2.